The molecule has 120 valence electrons. The van der Waals surface area contributed by atoms with Crippen molar-refractivity contribution in [2.24, 2.45) is 5.92 Å². The summed E-state index contributed by atoms with van der Waals surface area (Å²) in [5, 5.41) is 3.15. The molecular weight excluding hydrogens is 288 g/mol. The number of rotatable bonds is 8. The fourth-order valence-corrected chi connectivity index (χ4v) is 2.07. The molecule has 1 unspecified atom stereocenters. The fourth-order valence-electron chi connectivity index (χ4n) is 2.07. The van der Waals surface area contributed by atoms with Crippen molar-refractivity contribution in [2.45, 2.75) is 26.4 Å². The molecule has 5 heteroatoms. The van der Waals surface area contributed by atoms with Crippen LogP contribution in [0.4, 0.5) is 8.78 Å². The van der Waals surface area contributed by atoms with Crippen LogP contribution in [0.15, 0.2) is 41.0 Å². The molecule has 0 radical (unpaired) electrons. The standard InChI is InChI=1S/C17H21F2NO2/c1-12(2)10-21-11-15(16-7-4-8-22-16)20-9-13-5-3-6-14(18)17(13)19/h3-8,12,15,20H,9-11H2,1-2H3. The molecule has 0 aliphatic carbocycles. The molecule has 1 heterocycles. The van der Waals surface area contributed by atoms with E-state index < -0.39 is 11.6 Å². The van der Waals surface area contributed by atoms with E-state index in [0.717, 1.165) is 6.07 Å². The summed E-state index contributed by atoms with van der Waals surface area (Å²) in [6.07, 6.45) is 1.58. The van der Waals surface area contributed by atoms with Gasteiger partial charge < -0.3 is 14.5 Å². The summed E-state index contributed by atoms with van der Waals surface area (Å²) in [6, 6.07) is 7.56. The smallest absolute Gasteiger partial charge is 0.163 e. The van der Waals surface area contributed by atoms with E-state index in [1.165, 1.54) is 6.07 Å². The Morgan fingerprint density at radius 1 is 1.14 bits per heavy atom. The van der Waals surface area contributed by atoms with Gasteiger partial charge in [-0.2, -0.15) is 0 Å². The lowest BCUT2D eigenvalue weighted by atomic mass is 10.1. The van der Waals surface area contributed by atoms with Crippen molar-refractivity contribution < 1.29 is 17.9 Å². The van der Waals surface area contributed by atoms with Gasteiger partial charge >= 0.3 is 0 Å². The van der Waals surface area contributed by atoms with E-state index in [4.69, 9.17) is 9.15 Å². The molecule has 2 aromatic rings. The minimum absolute atomic E-state index is 0.194. The maximum absolute atomic E-state index is 13.7. The van der Waals surface area contributed by atoms with E-state index in [1.807, 2.05) is 6.07 Å². The first-order valence-corrected chi connectivity index (χ1v) is 7.35. The summed E-state index contributed by atoms with van der Waals surface area (Å²) < 4.78 is 37.9. The molecule has 1 N–H and O–H groups in total. The maximum Gasteiger partial charge on any atom is 0.163 e. The number of hydrogen-bond acceptors (Lipinski definition) is 3. The third-order valence-corrected chi connectivity index (χ3v) is 3.19. The van der Waals surface area contributed by atoms with Crippen molar-refractivity contribution in [3.05, 3.63) is 59.6 Å². The lowest BCUT2D eigenvalue weighted by Crippen LogP contribution is -2.26. The number of nitrogens with one attached hydrogen (secondary N) is 1. The molecule has 0 saturated carbocycles. The van der Waals surface area contributed by atoms with E-state index in [9.17, 15) is 8.78 Å². The molecule has 0 fully saturated rings. The summed E-state index contributed by atoms with van der Waals surface area (Å²) in [7, 11) is 0. The van der Waals surface area contributed by atoms with Gasteiger partial charge in [-0.15, -0.1) is 0 Å². The first kappa shape index (κ1) is 16.6. The Labute approximate surface area is 129 Å². The number of halogens is 2. The Bertz CT molecular complexity index is 570. The molecule has 0 aliphatic rings. The van der Waals surface area contributed by atoms with E-state index in [1.54, 1.807) is 18.4 Å². The Morgan fingerprint density at radius 3 is 2.64 bits per heavy atom. The zero-order chi connectivity index (χ0) is 15.9. The van der Waals surface area contributed by atoms with Gasteiger partial charge in [0.2, 0.25) is 0 Å². The van der Waals surface area contributed by atoms with Crippen LogP contribution >= 0.6 is 0 Å². The van der Waals surface area contributed by atoms with Crippen LogP contribution in [0.2, 0.25) is 0 Å². The molecule has 2 rings (SSSR count). The van der Waals surface area contributed by atoms with Gasteiger partial charge in [-0.3, -0.25) is 0 Å². The molecule has 0 amide bonds. The van der Waals surface area contributed by atoms with Crippen molar-refractivity contribution in [1.82, 2.24) is 5.32 Å². The molecule has 1 aromatic carbocycles. The summed E-state index contributed by atoms with van der Waals surface area (Å²) in [4.78, 5) is 0. The molecule has 0 bridgehead atoms. The van der Waals surface area contributed by atoms with Crippen molar-refractivity contribution in [2.75, 3.05) is 13.2 Å². The van der Waals surface area contributed by atoms with Gasteiger partial charge in [-0.1, -0.05) is 26.0 Å². The Hall–Kier alpha value is -1.72. The van der Waals surface area contributed by atoms with Gasteiger partial charge in [0.15, 0.2) is 11.6 Å². The predicted octanol–water partition coefficient (Wildman–Crippen LogP) is 4.06. The second kappa shape index (κ2) is 8.06. The second-order valence-electron chi connectivity index (χ2n) is 5.59. The summed E-state index contributed by atoms with van der Waals surface area (Å²) >= 11 is 0. The molecule has 0 spiro atoms. The van der Waals surface area contributed by atoms with Crippen molar-refractivity contribution in [3.63, 3.8) is 0 Å². The van der Waals surface area contributed by atoms with Crippen LogP contribution in [-0.4, -0.2) is 13.2 Å². The molecular formula is C17H21F2NO2. The van der Waals surface area contributed by atoms with Crippen LogP contribution in [0.1, 0.15) is 31.2 Å². The van der Waals surface area contributed by atoms with Crippen LogP contribution in [0, 0.1) is 17.6 Å². The highest BCUT2D eigenvalue weighted by atomic mass is 19.2. The molecule has 0 aliphatic heterocycles. The zero-order valence-electron chi connectivity index (χ0n) is 12.8. The SMILES string of the molecule is CC(C)COCC(NCc1cccc(F)c1F)c1ccco1. The van der Waals surface area contributed by atoms with E-state index in [-0.39, 0.29) is 18.2 Å². The van der Waals surface area contributed by atoms with E-state index >= 15 is 0 Å². The number of furan rings is 1. The van der Waals surface area contributed by atoms with E-state index in [0.29, 0.717) is 24.9 Å². The first-order chi connectivity index (χ1) is 10.6. The Balaban J connectivity index is 1.99. The second-order valence-corrected chi connectivity index (χ2v) is 5.59. The molecule has 0 saturated heterocycles. The van der Waals surface area contributed by atoms with Gasteiger partial charge in [0.1, 0.15) is 5.76 Å². The third-order valence-electron chi connectivity index (χ3n) is 3.19. The Morgan fingerprint density at radius 2 is 1.95 bits per heavy atom. The molecule has 3 nitrogen and oxygen atoms in total. The highest BCUT2D eigenvalue weighted by Gasteiger charge is 2.16. The van der Waals surface area contributed by atoms with Crippen molar-refractivity contribution in [1.29, 1.82) is 0 Å². The lowest BCUT2D eigenvalue weighted by Gasteiger charge is -2.18. The van der Waals surface area contributed by atoms with Gasteiger partial charge in [0, 0.05) is 18.7 Å². The largest absolute Gasteiger partial charge is 0.468 e. The van der Waals surface area contributed by atoms with Crippen LogP contribution in [0.25, 0.3) is 0 Å². The fraction of sp³-hybridized carbons (Fsp3) is 0.412. The molecule has 22 heavy (non-hydrogen) atoms. The number of hydrogen-bond donors (Lipinski definition) is 1. The summed E-state index contributed by atoms with van der Waals surface area (Å²) in [6.45, 7) is 5.37. The highest BCUT2D eigenvalue weighted by molar-refractivity contribution is 5.19. The van der Waals surface area contributed by atoms with Crippen LogP contribution in [0.5, 0.6) is 0 Å². The summed E-state index contributed by atoms with van der Waals surface area (Å²) in [5.74, 6) is -0.528. The lowest BCUT2D eigenvalue weighted by molar-refractivity contribution is 0.0843. The quantitative estimate of drug-likeness (QED) is 0.798. The minimum Gasteiger partial charge on any atom is -0.468 e. The van der Waals surface area contributed by atoms with Crippen molar-refractivity contribution >= 4 is 0 Å². The van der Waals surface area contributed by atoms with Crippen LogP contribution in [0.3, 0.4) is 0 Å². The zero-order valence-corrected chi connectivity index (χ0v) is 12.8. The average molecular weight is 309 g/mol. The van der Waals surface area contributed by atoms with Gasteiger partial charge in [-0.25, -0.2) is 8.78 Å². The molecule has 1 atom stereocenters. The topological polar surface area (TPSA) is 34.4 Å². The van der Waals surface area contributed by atoms with Gasteiger partial charge in [-0.05, 0) is 24.1 Å². The predicted molar refractivity (Wildman–Crippen MR) is 80.3 cm³/mol. The molecule has 1 aromatic heterocycles. The maximum atomic E-state index is 13.7. The van der Waals surface area contributed by atoms with Crippen molar-refractivity contribution in [3.8, 4) is 0 Å². The number of benzene rings is 1. The summed E-state index contributed by atoms with van der Waals surface area (Å²) in [5.41, 5.74) is 0.278. The first-order valence-electron chi connectivity index (χ1n) is 7.35. The minimum atomic E-state index is -0.843. The van der Waals surface area contributed by atoms with Gasteiger partial charge in [0.25, 0.3) is 0 Å². The Kier molecular flexibility index (Phi) is 6.10. The highest BCUT2D eigenvalue weighted by Crippen LogP contribution is 2.17. The normalized spacial score (nSPS) is 12.8. The third kappa shape index (κ3) is 4.64. The average Bonchev–Trinajstić information content (AvgIpc) is 3.00. The van der Waals surface area contributed by atoms with Crippen LogP contribution in [-0.2, 0) is 11.3 Å². The number of ether oxygens (including phenoxy) is 1. The van der Waals surface area contributed by atoms with Gasteiger partial charge in [0.05, 0.1) is 18.9 Å². The van der Waals surface area contributed by atoms with E-state index in [2.05, 4.69) is 19.2 Å². The monoisotopic (exact) mass is 309 g/mol. The van der Waals surface area contributed by atoms with Crippen LogP contribution < -0.4 is 5.32 Å².